The van der Waals surface area contributed by atoms with Crippen molar-refractivity contribution in [2.75, 3.05) is 13.2 Å². The molecule has 1 aromatic carbocycles. The van der Waals surface area contributed by atoms with Crippen molar-refractivity contribution in [1.82, 2.24) is 5.32 Å². The average Bonchev–Trinajstić information content (AvgIpc) is 2.31. The van der Waals surface area contributed by atoms with E-state index in [0.29, 0.717) is 6.61 Å². The summed E-state index contributed by atoms with van der Waals surface area (Å²) in [6, 6.07) is 8.06. The molecule has 0 bridgehead atoms. The van der Waals surface area contributed by atoms with Gasteiger partial charge >= 0.3 is 5.97 Å². The Bertz CT molecular complexity index is 363. The number of esters is 1. The first-order chi connectivity index (χ1) is 8.15. The number of hydrogen-bond donors (Lipinski definition) is 1. The molecule has 0 aliphatic rings. The van der Waals surface area contributed by atoms with E-state index in [1.165, 1.54) is 11.1 Å². The van der Waals surface area contributed by atoms with Crippen LogP contribution < -0.4 is 5.32 Å². The minimum Gasteiger partial charge on any atom is -0.465 e. The molecule has 94 valence electrons. The molecule has 0 spiro atoms. The minimum atomic E-state index is -0.237. The monoisotopic (exact) mass is 235 g/mol. The summed E-state index contributed by atoms with van der Waals surface area (Å²) in [5.41, 5.74) is 2.61. The van der Waals surface area contributed by atoms with E-state index in [0.717, 1.165) is 13.0 Å². The summed E-state index contributed by atoms with van der Waals surface area (Å²) in [7, 11) is 0. The first-order valence-electron chi connectivity index (χ1n) is 6.09. The average molecular weight is 235 g/mol. The maximum atomic E-state index is 11.4. The van der Waals surface area contributed by atoms with Gasteiger partial charge in [-0.15, -0.1) is 0 Å². The molecule has 1 atom stereocenters. The molecule has 0 heterocycles. The highest BCUT2D eigenvalue weighted by atomic mass is 16.5. The van der Waals surface area contributed by atoms with Crippen molar-refractivity contribution in [2.24, 2.45) is 0 Å². The summed E-state index contributed by atoms with van der Waals surface area (Å²) < 4.78 is 4.93. The van der Waals surface area contributed by atoms with Crippen molar-refractivity contribution in [3.05, 3.63) is 35.4 Å². The van der Waals surface area contributed by atoms with Crippen molar-refractivity contribution < 1.29 is 9.53 Å². The first-order valence-corrected chi connectivity index (χ1v) is 6.09. The molecular weight excluding hydrogens is 214 g/mol. The van der Waals surface area contributed by atoms with Gasteiger partial charge in [0.15, 0.2) is 0 Å². The van der Waals surface area contributed by atoms with E-state index < -0.39 is 0 Å². The van der Waals surface area contributed by atoms with Gasteiger partial charge in [-0.1, -0.05) is 24.3 Å². The van der Waals surface area contributed by atoms with Crippen LogP contribution in [0.1, 0.15) is 25.0 Å². The van der Waals surface area contributed by atoms with E-state index in [2.05, 4.69) is 24.4 Å². The van der Waals surface area contributed by atoms with Crippen LogP contribution in [0.5, 0.6) is 0 Å². The second kappa shape index (κ2) is 7.07. The van der Waals surface area contributed by atoms with E-state index in [1.807, 2.05) is 26.0 Å². The molecule has 0 radical (unpaired) electrons. The molecule has 0 aliphatic carbocycles. The maximum absolute atomic E-state index is 11.4. The van der Waals surface area contributed by atoms with Gasteiger partial charge in [0.25, 0.3) is 0 Å². The molecule has 3 heteroatoms. The van der Waals surface area contributed by atoms with Gasteiger partial charge in [-0.05, 0) is 44.9 Å². The molecule has 1 unspecified atom stereocenters. The number of aryl methyl sites for hydroxylation is 1. The molecule has 0 saturated heterocycles. The van der Waals surface area contributed by atoms with E-state index in [-0.39, 0.29) is 12.0 Å². The molecule has 17 heavy (non-hydrogen) atoms. The van der Waals surface area contributed by atoms with Crippen LogP contribution in [0.2, 0.25) is 0 Å². The fourth-order valence-electron chi connectivity index (χ4n) is 1.66. The normalized spacial score (nSPS) is 12.2. The van der Waals surface area contributed by atoms with Crippen LogP contribution in [0.15, 0.2) is 24.3 Å². The fourth-order valence-corrected chi connectivity index (χ4v) is 1.66. The van der Waals surface area contributed by atoms with Crippen molar-refractivity contribution >= 4 is 5.97 Å². The Kier molecular flexibility index (Phi) is 5.70. The zero-order chi connectivity index (χ0) is 12.7. The zero-order valence-electron chi connectivity index (χ0n) is 10.8. The lowest BCUT2D eigenvalue weighted by atomic mass is 10.1. The summed E-state index contributed by atoms with van der Waals surface area (Å²) in [4.78, 5) is 11.4. The third-order valence-electron chi connectivity index (χ3n) is 2.75. The standard InChI is InChI=1S/C14H21NO2/c1-4-17-14(16)12(3)15-10-9-13-8-6-5-7-11(13)2/h5-8,12,15H,4,9-10H2,1-3H3. The van der Waals surface area contributed by atoms with Gasteiger partial charge < -0.3 is 10.1 Å². The van der Waals surface area contributed by atoms with Gasteiger partial charge in [-0.25, -0.2) is 0 Å². The van der Waals surface area contributed by atoms with Crippen LogP contribution >= 0.6 is 0 Å². The lowest BCUT2D eigenvalue weighted by Gasteiger charge is -2.13. The highest BCUT2D eigenvalue weighted by Crippen LogP contribution is 2.06. The van der Waals surface area contributed by atoms with Crippen LogP contribution in [0.25, 0.3) is 0 Å². The van der Waals surface area contributed by atoms with E-state index >= 15 is 0 Å². The number of benzene rings is 1. The molecule has 0 saturated carbocycles. The number of carbonyl (C=O) groups excluding carboxylic acids is 1. The summed E-state index contributed by atoms with van der Waals surface area (Å²) in [5.74, 6) is -0.183. The van der Waals surface area contributed by atoms with Gasteiger partial charge in [0.1, 0.15) is 6.04 Å². The molecule has 3 nitrogen and oxygen atoms in total. The number of rotatable bonds is 6. The highest BCUT2D eigenvalue weighted by molar-refractivity contribution is 5.75. The Morgan fingerprint density at radius 1 is 1.41 bits per heavy atom. The first kappa shape index (κ1) is 13.7. The van der Waals surface area contributed by atoms with Crippen LogP contribution in [-0.2, 0) is 16.0 Å². The van der Waals surface area contributed by atoms with Gasteiger partial charge in [0.2, 0.25) is 0 Å². The topological polar surface area (TPSA) is 38.3 Å². The van der Waals surface area contributed by atoms with Gasteiger partial charge in [-0.2, -0.15) is 0 Å². The van der Waals surface area contributed by atoms with Gasteiger partial charge in [0, 0.05) is 0 Å². The predicted molar refractivity (Wildman–Crippen MR) is 69.0 cm³/mol. The molecule has 0 fully saturated rings. The Morgan fingerprint density at radius 2 is 2.12 bits per heavy atom. The van der Waals surface area contributed by atoms with Gasteiger partial charge in [-0.3, -0.25) is 4.79 Å². The van der Waals surface area contributed by atoms with Gasteiger partial charge in [0.05, 0.1) is 6.61 Å². The molecule has 0 aliphatic heterocycles. The van der Waals surface area contributed by atoms with Crippen LogP contribution in [-0.4, -0.2) is 25.2 Å². The number of carbonyl (C=O) groups is 1. The number of nitrogens with one attached hydrogen (secondary N) is 1. The predicted octanol–water partition coefficient (Wildman–Crippen LogP) is 2.08. The SMILES string of the molecule is CCOC(=O)C(C)NCCc1ccccc1C. The molecule has 1 rings (SSSR count). The Labute approximate surface area is 103 Å². The third kappa shape index (κ3) is 4.57. The summed E-state index contributed by atoms with van der Waals surface area (Å²) >= 11 is 0. The number of hydrogen-bond acceptors (Lipinski definition) is 3. The Balaban J connectivity index is 2.33. The Hall–Kier alpha value is -1.35. The minimum absolute atomic E-state index is 0.183. The quantitative estimate of drug-likeness (QED) is 0.767. The van der Waals surface area contributed by atoms with Crippen molar-refractivity contribution in [1.29, 1.82) is 0 Å². The number of ether oxygens (including phenoxy) is 1. The van der Waals surface area contributed by atoms with E-state index in [1.54, 1.807) is 0 Å². The van der Waals surface area contributed by atoms with E-state index in [4.69, 9.17) is 4.74 Å². The zero-order valence-corrected chi connectivity index (χ0v) is 10.8. The van der Waals surface area contributed by atoms with Crippen molar-refractivity contribution in [3.8, 4) is 0 Å². The largest absolute Gasteiger partial charge is 0.465 e. The second-order valence-corrected chi connectivity index (χ2v) is 4.10. The van der Waals surface area contributed by atoms with Crippen molar-refractivity contribution in [2.45, 2.75) is 33.2 Å². The highest BCUT2D eigenvalue weighted by Gasteiger charge is 2.12. The summed E-state index contributed by atoms with van der Waals surface area (Å²) in [6.07, 6.45) is 0.927. The maximum Gasteiger partial charge on any atom is 0.322 e. The second-order valence-electron chi connectivity index (χ2n) is 4.10. The lowest BCUT2D eigenvalue weighted by molar-refractivity contribution is -0.145. The van der Waals surface area contributed by atoms with Crippen molar-refractivity contribution in [3.63, 3.8) is 0 Å². The third-order valence-corrected chi connectivity index (χ3v) is 2.75. The molecule has 1 N–H and O–H groups in total. The van der Waals surface area contributed by atoms with Crippen LogP contribution in [0.4, 0.5) is 0 Å². The van der Waals surface area contributed by atoms with Crippen LogP contribution in [0.3, 0.4) is 0 Å². The van der Waals surface area contributed by atoms with Crippen LogP contribution in [0, 0.1) is 6.92 Å². The summed E-state index contributed by atoms with van der Waals surface area (Å²) in [5, 5.41) is 3.17. The summed E-state index contributed by atoms with van der Waals surface area (Å²) in [6.45, 7) is 6.96. The lowest BCUT2D eigenvalue weighted by Crippen LogP contribution is -2.36. The molecule has 0 amide bonds. The molecule has 1 aromatic rings. The molecule has 0 aromatic heterocycles. The smallest absolute Gasteiger partial charge is 0.322 e. The molecular formula is C14H21NO2. The van der Waals surface area contributed by atoms with E-state index in [9.17, 15) is 4.79 Å². The Morgan fingerprint density at radius 3 is 2.76 bits per heavy atom. The fraction of sp³-hybridized carbons (Fsp3) is 0.500.